The number of ether oxygens (including phenoxy) is 1. The smallest absolute Gasteiger partial charge is 0.317 e. The molecule has 0 spiro atoms. The summed E-state index contributed by atoms with van der Waals surface area (Å²) >= 11 is 12.8. The van der Waals surface area contributed by atoms with Crippen molar-refractivity contribution in [3.8, 4) is 5.75 Å². The summed E-state index contributed by atoms with van der Waals surface area (Å²) in [6.07, 6.45) is 3.53. The number of halogens is 3. The Balaban J connectivity index is 1.60. The van der Waals surface area contributed by atoms with Crippen molar-refractivity contribution < 1.29 is 13.9 Å². The van der Waals surface area contributed by atoms with Crippen LogP contribution in [0.15, 0.2) is 40.6 Å². The topological polar surface area (TPSA) is 110 Å². The van der Waals surface area contributed by atoms with Crippen molar-refractivity contribution in [1.82, 2.24) is 20.0 Å². The molecule has 2 atom stereocenters. The molecule has 2 amide bonds. The quantitative estimate of drug-likeness (QED) is 0.632. The predicted molar refractivity (Wildman–Crippen MR) is 121 cm³/mol. The molecule has 0 radical (unpaired) electrons. The molecule has 2 aliphatic rings. The van der Waals surface area contributed by atoms with Crippen LogP contribution in [0.3, 0.4) is 0 Å². The summed E-state index contributed by atoms with van der Waals surface area (Å²) < 4.78 is 20.2. The second-order valence-electron chi connectivity index (χ2n) is 7.36. The minimum Gasteiger partial charge on any atom is -0.491 e. The number of aromatic nitrogens is 2. The van der Waals surface area contributed by atoms with Crippen molar-refractivity contribution in [2.45, 2.75) is 12.6 Å². The van der Waals surface area contributed by atoms with Crippen LogP contribution in [0.5, 0.6) is 5.75 Å². The van der Waals surface area contributed by atoms with Crippen LogP contribution in [0.4, 0.5) is 9.18 Å². The highest BCUT2D eigenvalue weighted by Crippen LogP contribution is 2.37. The van der Waals surface area contributed by atoms with Crippen molar-refractivity contribution in [3.63, 3.8) is 0 Å². The number of alkyl halides is 1. The molecule has 0 bridgehead atoms. The first kappa shape index (κ1) is 22.3. The predicted octanol–water partition coefficient (Wildman–Crippen LogP) is 2.37. The van der Waals surface area contributed by atoms with E-state index in [9.17, 15) is 9.18 Å². The molecule has 4 rings (SSSR count). The zero-order valence-corrected chi connectivity index (χ0v) is 18.6. The first-order valence-electron chi connectivity index (χ1n) is 10.1. The van der Waals surface area contributed by atoms with Gasteiger partial charge in [-0.05, 0) is 18.2 Å². The van der Waals surface area contributed by atoms with E-state index in [1.807, 2.05) is 12.3 Å². The standard InChI is InChI=1S/C20H22Cl2FN7O2/c21-12-8-14(22)17(16(9-12)32-7-6-30-5-1-3-26-30)18-13-10-29(20(31)25-4-2-23)11-15(13)27-19(24)28-18/h1,3,5,8-9,13,15H,2,4,6-7,10-11H2,(H2,24,27)(H,25,31). The number of nitrogens with two attached hydrogens (primary N) is 1. The van der Waals surface area contributed by atoms with Gasteiger partial charge < -0.3 is 20.7 Å². The average Bonchev–Trinajstić information content (AvgIpc) is 3.41. The highest BCUT2D eigenvalue weighted by molar-refractivity contribution is 6.38. The number of amides is 2. The zero-order chi connectivity index (χ0) is 22.7. The van der Waals surface area contributed by atoms with Crippen LogP contribution in [-0.2, 0) is 6.54 Å². The third-order valence-corrected chi connectivity index (χ3v) is 5.76. The minimum atomic E-state index is -0.635. The van der Waals surface area contributed by atoms with E-state index in [4.69, 9.17) is 33.7 Å². The molecular weight excluding hydrogens is 460 g/mol. The summed E-state index contributed by atoms with van der Waals surface area (Å²) in [5.41, 5.74) is 7.13. The number of nitrogens with zero attached hydrogens (tertiary/aromatic N) is 5. The van der Waals surface area contributed by atoms with Crippen molar-refractivity contribution in [2.75, 3.05) is 32.9 Å². The number of guanidine groups is 1. The maximum Gasteiger partial charge on any atom is 0.317 e. The lowest BCUT2D eigenvalue weighted by Crippen LogP contribution is -2.40. The van der Waals surface area contributed by atoms with E-state index in [0.717, 1.165) is 0 Å². The molecular formula is C20H22Cl2FN7O2. The molecule has 3 N–H and O–H groups in total. The second kappa shape index (κ2) is 9.74. The highest BCUT2D eigenvalue weighted by atomic mass is 35.5. The lowest BCUT2D eigenvalue weighted by Gasteiger charge is -2.24. The molecule has 0 aliphatic carbocycles. The number of rotatable bonds is 7. The summed E-state index contributed by atoms with van der Waals surface area (Å²) in [7, 11) is 0. The Morgan fingerprint density at radius 2 is 2.19 bits per heavy atom. The second-order valence-corrected chi connectivity index (χ2v) is 8.21. The maximum absolute atomic E-state index is 12.4. The van der Waals surface area contributed by atoms with Gasteiger partial charge >= 0.3 is 6.03 Å². The molecule has 1 aromatic heterocycles. The molecule has 9 nitrogen and oxygen atoms in total. The SMILES string of the molecule is NC1=NC2CN(C(=O)NCCF)CC2C(c2c(Cl)cc(Cl)cc2OCCn2cccn2)=N1. The molecule has 0 saturated carbocycles. The highest BCUT2D eigenvalue weighted by Gasteiger charge is 2.42. The van der Waals surface area contributed by atoms with Gasteiger partial charge in [0, 0.05) is 43.0 Å². The van der Waals surface area contributed by atoms with E-state index in [2.05, 4.69) is 20.4 Å². The summed E-state index contributed by atoms with van der Waals surface area (Å²) in [6, 6.07) is 4.46. The van der Waals surface area contributed by atoms with Gasteiger partial charge in [0.25, 0.3) is 0 Å². The molecule has 1 saturated heterocycles. The van der Waals surface area contributed by atoms with Gasteiger partial charge in [0.15, 0.2) is 0 Å². The fraction of sp³-hybridized carbons (Fsp3) is 0.400. The molecule has 2 aliphatic heterocycles. The number of carbonyl (C=O) groups excluding carboxylic acids is 1. The monoisotopic (exact) mass is 481 g/mol. The number of hydrogen-bond acceptors (Lipinski definition) is 6. The number of aliphatic imine (C=N–C) groups is 2. The fourth-order valence-electron chi connectivity index (χ4n) is 3.86. The number of benzene rings is 1. The zero-order valence-electron chi connectivity index (χ0n) is 17.0. The van der Waals surface area contributed by atoms with E-state index in [0.29, 0.717) is 53.3 Å². The number of hydrogen-bond donors (Lipinski definition) is 2. The van der Waals surface area contributed by atoms with Gasteiger partial charge in [0.1, 0.15) is 19.0 Å². The number of urea groups is 1. The molecule has 3 heterocycles. The number of likely N-dealkylation sites (tertiary alicyclic amines) is 1. The molecule has 12 heteroatoms. The molecule has 2 aromatic rings. The first-order valence-corrected chi connectivity index (χ1v) is 10.8. The van der Waals surface area contributed by atoms with E-state index in [1.165, 1.54) is 0 Å². The molecule has 32 heavy (non-hydrogen) atoms. The van der Waals surface area contributed by atoms with E-state index < -0.39 is 6.67 Å². The van der Waals surface area contributed by atoms with Crippen LogP contribution < -0.4 is 15.8 Å². The van der Waals surface area contributed by atoms with Gasteiger partial charge in [-0.15, -0.1) is 0 Å². The van der Waals surface area contributed by atoms with Crippen molar-refractivity contribution in [3.05, 3.63) is 46.2 Å². The van der Waals surface area contributed by atoms with Gasteiger partial charge in [-0.1, -0.05) is 23.2 Å². The Kier molecular flexibility index (Phi) is 6.80. The molecule has 170 valence electrons. The van der Waals surface area contributed by atoms with Crippen LogP contribution in [0, 0.1) is 5.92 Å². The lowest BCUT2D eigenvalue weighted by atomic mass is 9.91. The van der Waals surface area contributed by atoms with Crippen LogP contribution in [0.2, 0.25) is 10.0 Å². The first-order chi connectivity index (χ1) is 15.5. The Labute approximate surface area is 194 Å². The number of nitrogens with one attached hydrogen (secondary N) is 1. The van der Waals surface area contributed by atoms with Crippen molar-refractivity contribution >= 4 is 40.9 Å². The Hall–Kier alpha value is -2.85. The third-order valence-electron chi connectivity index (χ3n) is 5.24. The Morgan fingerprint density at radius 1 is 1.34 bits per heavy atom. The van der Waals surface area contributed by atoms with Crippen LogP contribution >= 0.6 is 23.2 Å². The van der Waals surface area contributed by atoms with Crippen LogP contribution in [0.1, 0.15) is 5.56 Å². The van der Waals surface area contributed by atoms with Crippen molar-refractivity contribution in [2.24, 2.45) is 21.6 Å². The Bertz CT molecular complexity index is 1040. The van der Waals surface area contributed by atoms with Crippen LogP contribution in [-0.4, -0.2) is 71.3 Å². The van der Waals surface area contributed by atoms with E-state index >= 15 is 0 Å². The van der Waals surface area contributed by atoms with Gasteiger partial charge in [0.05, 0.1) is 28.9 Å². The maximum atomic E-state index is 12.4. The van der Waals surface area contributed by atoms with E-state index in [1.54, 1.807) is 27.9 Å². The molecule has 1 fully saturated rings. The lowest BCUT2D eigenvalue weighted by molar-refractivity contribution is 0.206. The summed E-state index contributed by atoms with van der Waals surface area (Å²) in [5, 5.41) is 7.47. The fourth-order valence-corrected chi connectivity index (χ4v) is 4.43. The number of fused-ring (bicyclic) bond motifs is 1. The van der Waals surface area contributed by atoms with Gasteiger partial charge in [0.2, 0.25) is 5.96 Å². The van der Waals surface area contributed by atoms with Crippen LogP contribution in [0.25, 0.3) is 0 Å². The summed E-state index contributed by atoms with van der Waals surface area (Å²) in [5.74, 6) is 0.313. The Morgan fingerprint density at radius 3 is 2.94 bits per heavy atom. The molecule has 2 unspecified atom stereocenters. The minimum absolute atomic E-state index is 0.0473. The normalized spacial score (nSPS) is 19.9. The average molecular weight is 482 g/mol. The summed E-state index contributed by atoms with van der Waals surface area (Å²) in [4.78, 5) is 22.8. The largest absolute Gasteiger partial charge is 0.491 e. The van der Waals surface area contributed by atoms with Gasteiger partial charge in [-0.25, -0.2) is 19.2 Å². The van der Waals surface area contributed by atoms with Crippen molar-refractivity contribution in [1.29, 1.82) is 0 Å². The third kappa shape index (κ3) is 4.81. The molecule has 1 aromatic carbocycles. The van der Waals surface area contributed by atoms with Gasteiger partial charge in [-0.3, -0.25) is 4.68 Å². The van der Waals surface area contributed by atoms with Gasteiger partial charge in [-0.2, -0.15) is 5.10 Å². The summed E-state index contributed by atoms with van der Waals surface area (Å²) in [6.45, 7) is 0.848. The van der Waals surface area contributed by atoms with E-state index in [-0.39, 0.29) is 30.5 Å². The number of carbonyl (C=O) groups is 1.